The summed E-state index contributed by atoms with van der Waals surface area (Å²) in [5.41, 5.74) is -1.22. The molecule has 2 aromatic heterocycles. The van der Waals surface area contributed by atoms with Gasteiger partial charge in [-0.3, -0.25) is 4.90 Å². The van der Waals surface area contributed by atoms with Crippen LogP contribution in [0.3, 0.4) is 0 Å². The number of anilines is 1. The Hall–Kier alpha value is -4.68. The van der Waals surface area contributed by atoms with Crippen LogP contribution in [0.1, 0.15) is 58.2 Å². The summed E-state index contributed by atoms with van der Waals surface area (Å²) in [6.07, 6.45) is 5.83. The number of pyridine rings is 1. The average molecular weight is 724 g/mol. The first-order chi connectivity index (χ1) is 24.1. The summed E-state index contributed by atoms with van der Waals surface area (Å²) < 4.78 is 92.3. The summed E-state index contributed by atoms with van der Waals surface area (Å²) in [6, 6.07) is 4.53. The fourth-order valence-corrected chi connectivity index (χ4v) is 8.20. The quantitative estimate of drug-likeness (QED) is 0.100. The van der Waals surface area contributed by atoms with E-state index in [0.29, 0.717) is 23.9 Å². The molecule has 0 N–H and O–H groups in total. The molecule has 2 bridgehead atoms. The molecule has 51 heavy (non-hydrogen) atoms. The van der Waals surface area contributed by atoms with Gasteiger partial charge >= 0.3 is 6.09 Å². The number of fused-ring (bicyclic) bond motifs is 6. The molecule has 0 saturated carbocycles. The molecule has 3 aliphatic heterocycles. The molecule has 4 aromatic rings. The van der Waals surface area contributed by atoms with E-state index in [2.05, 4.69) is 15.9 Å². The number of alkyl halides is 1. The molecule has 15 heteroatoms. The first kappa shape index (κ1) is 34.8. The Bertz CT molecular complexity index is 2270. The maximum absolute atomic E-state index is 17.2. The van der Waals surface area contributed by atoms with Crippen LogP contribution < -0.4 is 9.64 Å². The van der Waals surface area contributed by atoms with Crippen molar-refractivity contribution in [2.45, 2.75) is 82.0 Å². The van der Waals surface area contributed by atoms with Gasteiger partial charge in [-0.15, -0.1) is 6.42 Å². The third-order valence-electron chi connectivity index (χ3n) is 9.64. The van der Waals surface area contributed by atoms with Gasteiger partial charge in [-0.1, -0.05) is 18.9 Å². The highest BCUT2D eigenvalue weighted by Crippen LogP contribution is 2.49. The topological polar surface area (TPSA) is 124 Å². The highest BCUT2D eigenvalue weighted by Gasteiger charge is 2.60. The van der Waals surface area contributed by atoms with Crippen LogP contribution in [-0.4, -0.2) is 84.0 Å². The Balaban J connectivity index is 1.48. The van der Waals surface area contributed by atoms with Crippen LogP contribution in [0.25, 0.3) is 32.9 Å². The first-order valence-electron chi connectivity index (χ1n) is 16.6. The fraction of sp³-hybridized carbons (Fsp3) is 0.444. The van der Waals surface area contributed by atoms with Crippen molar-refractivity contribution >= 4 is 43.4 Å². The van der Waals surface area contributed by atoms with Crippen LogP contribution in [0, 0.1) is 24.0 Å². The largest absolute Gasteiger partial charge is 0.468 e. The molecule has 0 radical (unpaired) electrons. The Labute approximate surface area is 293 Å². The number of rotatable bonds is 6. The average Bonchev–Trinajstić information content (AvgIpc) is 3.24. The lowest BCUT2D eigenvalue weighted by Crippen LogP contribution is -2.66. The van der Waals surface area contributed by atoms with Gasteiger partial charge in [0.2, 0.25) is 20.8 Å². The molecule has 268 valence electrons. The van der Waals surface area contributed by atoms with Gasteiger partial charge in [0, 0.05) is 24.5 Å². The van der Waals surface area contributed by atoms with E-state index in [-0.39, 0.29) is 76.6 Å². The number of carbonyl (C=O) groups is 1. The zero-order chi connectivity index (χ0) is 36.6. The van der Waals surface area contributed by atoms with Crippen molar-refractivity contribution in [2.75, 3.05) is 31.1 Å². The summed E-state index contributed by atoms with van der Waals surface area (Å²) >= 11 is 0. The molecule has 3 atom stereocenters. The third kappa shape index (κ3) is 5.68. The maximum Gasteiger partial charge on any atom is 0.413 e. The van der Waals surface area contributed by atoms with Gasteiger partial charge in [0.1, 0.15) is 34.2 Å². The van der Waals surface area contributed by atoms with Gasteiger partial charge in [-0.2, -0.15) is 0 Å². The number of terminal acetylenes is 1. The van der Waals surface area contributed by atoms with Crippen LogP contribution in [0.4, 0.5) is 23.8 Å². The van der Waals surface area contributed by atoms with E-state index in [4.69, 9.17) is 25.6 Å². The maximum atomic E-state index is 17.2. The molecule has 5 heterocycles. The zero-order valence-electron chi connectivity index (χ0n) is 28.7. The second-order valence-corrected chi connectivity index (χ2v) is 16.1. The van der Waals surface area contributed by atoms with Crippen LogP contribution in [0.15, 0.2) is 29.4 Å². The Morgan fingerprint density at radius 1 is 1.12 bits per heavy atom. The molecule has 0 aliphatic carbocycles. The number of carbonyl (C=O) groups excluding carboxylic acids is 1. The van der Waals surface area contributed by atoms with Crippen molar-refractivity contribution in [3.8, 4) is 29.4 Å². The molecule has 2 fully saturated rings. The lowest BCUT2D eigenvalue weighted by Gasteiger charge is -2.49. The van der Waals surface area contributed by atoms with E-state index < -0.39 is 56.2 Å². The predicted molar refractivity (Wildman–Crippen MR) is 183 cm³/mol. The number of hydrogen-bond donors (Lipinski definition) is 0. The number of aromatic nitrogens is 3. The summed E-state index contributed by atoms with van der Waals surface area (Å²) in [5, 5.41) is 0.109. The number of halogens is 3. The van der Waals surface area contributed by atoms with Crippen molar-refractivity contribution in [3.05, 3.63) is 47.2 Å². The Morgan fingerprint density at radius 3 is 2.57 bits per heavy atom. The SMILES string of the molecule is C#Cc1c(F)ccc2cc(OCOC)cc(-c3nc4c5c(nc(S(=O)(=O)CC)nc5c3F)N3C[C@@]5(F)CC[C@@H]([C@H]3CC4)N5C(=O)OC(C)(C)C)c12. The van der Waals surface area contributed by atoms with Gasteiger partial charge in [-0.05, 0) is 63.6 Å². The van der Waals surface area contributed by atoms with E-state index >= 15 is 13.2 Å². The van der Waals surface area contributed by atoms with Crippen molar-refractivity contribution < 1.29 is 40.6 Å². The van der Waals surface area contributed by atoms with Crippen molar-refractivity contribution in [2.24, 2.45) is 0 Å². The van der Waals surface area contributed by atoms with Gasteiger partial charge in [0.25, 0.3) is 0 Å². The fourth-order valence-electron chi connectivity index (χ4n) is 7.49. The lowest BCUT2D eigenvalue weighted by atomic mass is 9.95. The molecular formula is C36H36F3N5O6S. The number of ether oxygens (including phenoxy) is 3. The van der Waals surface area contributed by atoms with Crippen LogP contribution in [0.2, 0.25) is 0 Å². The minimum absolute atomic E-state index is 0.0117. The van der Waals surface area contributed by atoms with Crippen LogP contribution in [0.5, 0.6) is 5.75 Å². The van der Waals surface area contributed by atoms with E-state index in [1.807, 2.05) is 0 Å². The smallest absolute Gasteiger partial charge is 0.413 e. The van der Waals surface area contributed by atoms with Gasteiger partial charge in [-0.25, -0.2) is 41.3 Å². The molecule has 2 saturated heterocycles. The molecule has 1 amide bonds. The van der Waals surface area contributed by atoms with E-state index in [9.17, 15) is 13.2 Å². The zero-order valence-corrected chi connectivity index (χ0v) is 29.5. The van der Waals surface area contributed by atoms with Crippen LogP contribution >= 0.6 is 0 Å². The van der Waals surface area contributed by atoms with Gasteiger partial charge in [0.05, 0.1) is 41.0 Å². The summed E-state index contributed by atoms with van der Waals surface area (Å²) in [4.78, 5) is 29.7. The summed E-state index contributed by atoms with van der Waals surface area (Å²) in [7, 11) is -2.69. The van der Waals surface area contributed by atoms with Gasteiger partial charge in [0.15, 0.2) is 12.6 Å². The van der Waals surface area contributed by atoms with E-state index in [1.54, 1.807) is 31.7 Å². The van der Waals surface area contributed by atoms with E-state index in [0.717, 1.165) is 4.90 Å². The minimum Gasteiger partial charge on any atom is -0.468 e. The number of sulfone groups is 1. The normalized spacial score (nSPS) is 21.4. The molecule has 0 spiro atoms. The second-order valence-electron chi connectivity index (χ2n) is 14.0. The molecule has 7 rings (SSSR count). The molecule has 2 aromatic carbocycles. The third-order valence-corrected chi connectivity index (χ3v) is 11.1. The number of methoxy groups -OCH3 is 1. The van der Waals surface area contributed by atoms with Crippen molar-refractivity contribution in [3.63, 3.8) is 0 Å². The van der Waals surface area contributed by atoms with Gasteiger partial charge < -0.3 is 19.1 Å². The first-order valence-corrected chi connectivity index (χ1v) is 18.2. The number of piperazine rings is 1. The second kappa shape index (κ2) is 12.2. The predicted octanol–water partition coefficient (Wildman–Crippen LogP) is 6.08. The number of amides is 1. The Kier molecular flexibility index (Phi) is 8.33. The summed E-state index contributed by atoms with van der Waals surface area (Å²) in [6.45, 7) is 6.01. The van der Waals surface area contributed by atoms with Crippen LogP contribution in [-0.2, 0) is 25.7 Å². The molecule has 3 aliphatic rings. The van der Waals surface area contributed by atoms with Crippen molar-refractivity contribution in [1.29, 1.82) is 0 Å². The van der Waals surface area contributed by atoms with E-state index in [1.165, 1.54) is 32.2 Å². The molecule has 11 nitrogen and oxygen atoms in total. The number of benzene rings is 2. The monoisotopic (exact) mass is 723 g/mol. The minimum atomic E-state index is -4.12. The van der Waals surface area contributed by atoms with Crippen molar-refractivity contribution in [1.82, 2.24) is 19.9 Å². The highest BCUT2D eigenvalue weighted by atomic mass is 32.2. The Morgan fingerprint density at radius 2 is 1.88 bits per heavy atom. The lowest BCUT2D eigenvalue weighted by molar-refractivity contribution is -0.0581. The standard InChI is InChI=1S/C36H36F3N5O6S/c1-7-21-23(37)10-9-19-15-20(49-18-48-6)16-22(27(19)21)30-29(38)31-28-24(40-30)11-12-25-26-13-14-36(39,44(26)34(45)50-35(3,4)5)17-43(25)32(28)42-33(41-31)51(46,47)8-2/h1,9-10,15-16,25-26H,8,11-14,17-18H2,2-6H3/t25-,26+,36-/m1/s1. The summed E-state index contributed by atoms with van der Waals surface area (Å²) in [5.74, 6) is -1.64. The number of nitrogens with zero attached hydrogens (tertiary/aromatic N) is 5. The molecular weight excluding hydrogens is 687 g/mol. The highest BCUT2D eigenvalue weighted by molar-refractivity contribution is 7.91. The molecule has 0 unspecified atom stereocenters. The number of aryl methyl sites for hydroxylation is 1. The number of hydrogen-bond acceptors (Lipinski definition) is 10.